The quantitative estimate of drug-likeness (QED) is 0.768. The van der Waals surface area contributed by atoms with E-state index in [4.69, 9.17) is 20.9 Å². The van der Waals surface area contributed by atoms with Crippen LogP contribution >= 0.6 is 11.6 Å². The molecule has 96 valence electrons. The molecule has 0 saturated carbocycles. The van der Waals surface area contributed by atoms with E-state index < -0.39 is 7.12 Å². The molecule has 0 amide bonds. The van der Waals surface area contributed by atoms with Crippen LogP contribution in [0, 0.1) is 0 Å². The molecule has 1 aromatic rings. The van der Waals surface area contributed by atoms with Crippen LogP contribution in [-0.2, 0) is 9.31 Å². The van der Waals surface area contributed by atoms with Crippen molar-refractivity contribution in [3.05, 3.63) is 35.6 Å². The highest BCUT2D eigenvalue weighted by atomic mass is 35.5. The third kappa shape index (κ3) is 2.33. The molecule has 0 unspecified atom stereocenters. The normalized spacial score (nSPS) is 21.1. The van der Waals surface area contributed by atoms with Crippen LogP contribution in [-0.4, -0.2) is 23.3 Å². The second kappa shape index (κ2) is 4.37. The molecule has 0 N–H and O–H groups in total. The fourth-order valence-corrected chi connectivity index (χ4v) is 1.78. The van der Waals surface area contributed by atoms with E-state index in [0.717, 1.165) is 5.69 Å². The summed E-state index contributed by atoms with van der Waals surface area (Å²) >= 11 is 5.81. The van der Waals surface area contributed by atoms with Gasteiger partial charge in [-0.25, -0.2) is 0 Å². The van der Waals surface area contributed by atoms with Gasteiger partial charge in [-0.3, -0.25) is 4.98 Å². The molecule has 5 heteroatoms. The minimum atomic E-state index is -0.469. The molecule has 0 radical (unpaired) electrons. The zero-order chi connectivity index (χ0) is 13.6. The van der Waals surface area contributed by atoms with Crippen LogP contribution in [0.2, 0.25) is 5.02 Å². The summed E-state index contributed by atoms with van der Waals surface area (Å²) in [5.41, 5.74) is 0.711. The molecule has 1 aliphatic rings. The van der Waals surface area contributed by atoms with Crippen molar-refractivity contribution in [3.8, 4) is 0 Å². The standard InChI is InChI=1S/C13H17BClNO2/c1-9(11-7-6-10(15)8-16-11)14-17-12(2,3)13(4,5)18-14/h6-8H,1H2,2-5H3. The van der Waals surface area contributed by atoms with Crippen molar-refractivity contribution in [1.29, 1.82) is 0 Å². The van der Waals surface area contributed by atoms with Gasteiger partial charge in [0.25, 0.3) is 0 Å². The van der Waals surface area contributed by atoms with Gasteiger partial charge in [-0.05, 0) is 39.8 Å². The van der Waals surface area contributed by atoms with E-state index in [1.165, 1.54) is 0 Å². The third-order valence-corrected chi connectivity index (χ3v) is 3.82. The molecule has 0 spiro atoms. The van der Waals surface area contributed by atoms with Crippen LogP contribution in [0.3, 0.4) is 0 Å². The first-order valence-electron chi connectivity index (χ1n) is 5.89. The predicted molar refractivity (Wildman–Crippen MR) is 74.4 cm³/mol. The average Bonchev–Trinajstić information content (AvgIpc) is 2.48. The molecule has 2 rings (SSSR count). The van der Waals surface area contributed by atoms with E-state index in [-0.39, 0.29) is 11.2 Å². The van der Waals surface area contributed by atoms with E-state index in [0.29, 0.717) is 10.5 Å². The van der Waals surface area contributed by atoms with E-state index in [1.807, 2.05) is 33.8 Å². The van der Waals surface area contributed by atoms with Crippen molar-refractivity contribution in [2.75, 3.05) is 0 Å². The van der Waals surface area contributed by atoms with E-state index >= 15 is 0 Å². The van der Waals surface area contributed by atoms with Crippen molar-refractivity contribution in [3.63, 3.8) is 0 Å². The molecule has 0 atom stereocenters. The largest absolute Gasteiger partial charge is 0.496 e. The molecular formula is C13H17BClNO2. The predicted octanol–water partition coefficient (Wildman–Crippen LogP) is 3.38. The average molecular weight is 266 g/mol. The van der Waals surface area contributed by atoms with Gasteiger partial charge in [0.1, 0.15) is 0 Å². The van der Waals surface area contributed by atoms with Crippen LogP contribution in [0.1, 0.15) is 33.4 Å². The Hall–Kier alpha value is -0.835. The number of hydrogen-bond donors (Lipinski definition) is 0. The van der Waals surface area contributed by atoms with Crippen LogP contribution in [0.25, 0.3) is 5.47 Å². The lowest BCUT2D eigenvalue weighted by Gasteiger charge is -2.32. The van der Waals surface area contributed by atoms with E-state index in [1.54, 1.807) is 12.3 Å². The monoisotopic (exact) mass is 265 g/mol. The zero-order valence-corrected chi connectivity index (χ0v) is 11.9. The number of halogens is 1. The fraction of sp³-hybridized carbons (Fsp3) is 0.462. The number of pyridine rings is 1. The minimum Gasteiger partial charge on any atom is -0.399 e. The van der Waals surface area contributed by atoms with Crippen molar-refractivity contribution in [1.82, 2.24) is 4.98 Å². The first-order valence-corrected chi connectivity index (χ1v) is 6.27. The molecular weight excluding hydrogens is 248 g/mol. The Labute approximate surface area is 113 Å². The van der Waals surface area contributed by atoms with Crippen LogP contribution in [0.4, 0.5) is 0 Å². The molecule has 3 nitrogen and oxygen atoms in total. The SMILES string of the molecule is C=C(B1OC(C)(C)C(C)(C)O1)c1ccc(Cl)cn1. The molecule has 0 aromatic carbocycles. The van der Waals surface area contributed by atoms with Gasteiger partial charge >= 0.3 is 7.12 Å². The first kappa shape index (κ1) is 13.6. The summed E-state index contributed by atoms with van der Waals surface area (Å²) in [7, 11) is -0.469. The van der Waals surface area contributed by atoms with Crippen molar-refractivity contribution in [2.24, 2.45) is 0 Å². The maximum Gasteiger partial charge on any atom is 0.496 e. The maximum atomic E-state index is 5.92. The highest BCUT2D eigenvalue weighted by Crippen LogP contribution is 2.39. The van der Waals surface area contributed by atoms with E-state index in [9.17, 15) is 0 Å². The summed E-state index contributed by atoms with van der Waals surface area (Å²) in [5.74, 6) is 0. The zero-order valence-electron chi connectivity index (χ0n) is 11.2. The number of nitrogens with zero attached hydrogens (tertiary/aromatic N) is 1. The van der Waals surface area contributed by atoms with Gasteiger partial charge in [0.15, 0.2) is 0 Å². The highest BCUT2D eigenvalue weighted by molar-refractivity contribution is 6.68. The smallest absolute Gasteiger partial charge is 0.399 e. The molecule has 0 aliphatic carbocycles. The van der Waals surface area contributed by atoms with Crippen molar-refractivity contribution >= 4 is 24.2 Å². The number of rotatable bonds is 2. The number of aromatic nitrogens is 1. The molecule has 1 aliphatic heterocycles. The Balaban J connectivity index is 2.20. The Morgan fingerprint density at radius 2 is 1.78 bits per heavy atom. The van der Waals surface area contributed by atoms with Gasteiger partial charge in [-0.1, -0.05) is 18.2 Å². The van der Waals surface area contributed by atoms with Crippen LogP contribution in [0.15, 0.2) is 24.9 Å². The van der Waals surface area contributed by atoms with Gasteiger partial charge in [-0.15, -0.1) is 0 Å². The van der Waals surface area contributed by atoms with Crippen LogP contribution < -0.4 is 0 Å². The minimum absolute atomic E-state index is 0.368. The molecule has 1 fully saturated rings. The second-order valence-corrected chi connectivity index (χ2v) is 5.91. The molecule has 1 saturated heterocycles. The van der Waals surface area contributed by atoms with Gasteiger partial charge in [-0.2, -0.15) is 0 Å². The summed E-state index contributed by atoms with van der Waals surface area (Å²) in [4.78, 5) is 4.23. The molecule has 0 bridgehead atoms. The van der Waals surface area contributed by atoms with Gasteiger partial charge in [0, 0.05) is 11.7 Å². The third-order valence-electron chi connectivity index (χ3n) is 3.59. The van der Waals surface area contributed by atoms with Gasteiger partial charge < -0.3 is 9.31 Å². The van der Waals surface area contributed by atoms with Gasteiger partial charge in [0.05, 0.1) is 21.9 Å². The van der Waals surface area contributed by atoms with E-state index in [2.05, 4.69) is 11.6 Å². The Morgan fingerprint density at radius 1 is 1.22 bits per heavy atom. The summed E-state index contributed by atoms with van der Waals surface area (Å²) in [6.45, 7) is 12.1. The summed E-state index contributed by atoms with van der Waals surface area (Å²) in [5, 5.41) is 0.598. The first-order chi connectivity index (χ1) is 8.23. The Bertz CT molecular complexity index is 454. The number of hydrogen-bond acceptors (Lipinski definition) is 3. The highest BCUT2D eigenvalue weighted by Gasteiger charge is 2.52. The maximum absolute atomic E-state index is 5.92. The van der Waals surface area contributed by atoms with Crippen LogP contribution in [0.5, 0.6) is 0 Å². The second-order valence-electron chi connectivity index (χ2n) is 5.48. The van der Waals surface area contributed by atoms with Gasteiger partial charge in [0.2, 0.25) is 0 Å². The molecule has 1 aromatic heterocycles. The van der Waals surface area contributed by atoms with Crippen molar-refractivity contribution < 1.29 is 9.31 Å². The fourth-order valence-electron chi connectivity index (χ4n) is 1.67. The lowest BCUT2D eigenvalue weighted by atomic mass is 9.77. The van der Waals surface area contributed by atoms with Crippen molar-refractivity contribution in [2.45, 2.75) is 38.9 Å². The summed E-state index contributed by atoms with van der Waals surface area (Å²) in [6.07, 6.45) is 1.59. The lowest BCUT2D eigenvalue weighted by molar-refractivity contribution is 0.00578. The lowest BCUT2D eigenvalue weighted by Crippen LogP contribution is -2.41. The molecule has 18 heavy (non-hydrogen) atoms. The summed E-state index contributed by atoms with van der Waals surface area (Å²) in [6, 6.07) is 3.59. The topological polar surface area (TPSA) is 31.4 Å². The summed E-state index contributed by atoms with van der Waals surface area (Å²) < 4.78 is 11.8. The molecule has 2 heterocycles. The Kier molecular flexibility index (Phi) is 3.30. The Morgan fingerprint density at radius 3 is 2.22 bits per heavy atom.